The summed E-state index contributed by atoms with van der Waals surface area (Å²) in [6, 6.07) is 26.2. The second kappa shape index (κ2) is 20.3. The van der Waals surface area contributed by atoms with E-state index in [1.165, 1.54) is 111 Å². The Balaban J connectivity index is 1.45. The minimum atomic E-state index is 0.122. The standard InChI is InChI=1S/C39H56O2/c1-4-6-8-10-12-13-14-16-19-31-40-33(3)34-23-25-35(26-24-34)38-21-17-18-22-39(38)36-27-29-37(30-28-36)41-32-20-15-11-9-7-5-2/h17-18,21-30,33H,4-16,19-20,31-32H2,1-3H3. The van der Waals surface area contributed by atoms with Crippen LogP contribution >= 0.6 is 0 Å². The van der Waals surface area contributed by atoms with E-state index < -0.39 is 0 Å². The first-order chi connectivity index (χ1) is 20.2. The van der Waals surface area contributed by atoms with Gasteiger partial charge in [-0.05, 0) is 59.7 Å². The van der Waals surface area contributed by atoms with Crippen LogP contribution in [-0.2, 0) is 4.74 Å². The van der Waals surface area contributed by atoms with Crippen molar-refractivity contribution in [1.82, 2.24) is 0 Å². The molecule has 0 N–H and O–H groups in total. The first-order valence-electron chi connectivity index (χ1n) is 16.8. The van der Waals surface area contributed by atoms with Gasteiger partial charge in [-0.3, -0.25) is 0 Å². The summed E-state index contributed by atoms with van der Waals surface area (Å²) in [6.45, 7) is 8.36. The van der Waals surface area contributed by atoms with Crippen LogP contribution in [0.2, 0.25) is 0 Å². The van der Waals surface area contributed by atoms with E-state index in [4.69, 9.17) is 9.47 Å². The van der Waals surface area contributed by atoms with E-state index >= 15 is 0 Å². The van der Waals surface area contributed by atoms with Gasteiger partial charge in [0.25, 0.3) is 0 Å². The van der Waals surface area contributed by atoms with E-state index in [9.17, 15) is 0 Å². The number of rotatable bonds is 22. The molecule has 41 heavy (non-hydrogen) atoms. The molecule has 224 valence electrons. The van der Waals surface area contributed by atoms with E-state index in [0.29, 0.717) is 0 Å². The van der Waals surface area contributed by atoms with Gasteiger partial charge in [-0.2, -0.15) is 0 Å². The number of ether oxygens (including phenoxy) is 2. The predicted molar refractivity (Wildman–Crippen MR) is 178 cm³/mol. The highest BCUT2D eigenvalue weighted by Crippen LogP contribution is 2.33. The maximum atomic E-state index is 6.18. The Hall–Kier alpha value is -2.58. The Labute approximate surface area is 251 Å². The second-order valence-corrected chi connectivity index (χ2v) is 11.6. The van der Waals surface area contributed by atoms with Crippen LogP contribution in [0.15, 0.2) is 72.8 Å². The van der Waals surface area contributed by atoms with Crippen LogP contribution in [0.4, 0.5) is 0 Å². The summed E-state index contributed by atoms with van der Waals surface area (Å²) in [5.74, 6) is 0.959. The monoisotopic (exact) mass is 556 g/mol. The van der Waals surface area contributed by atoms with Crippen molar-refractivity contribution in [2.75, 3.05) is 13.2 Å². The second-order valence-electron chi connectivity index (χ2n) is 11.6. The smallest absolute Gasteiger partial charge is 0.119 e. The highest BCUT2D eigenvalue weighted by Gasteiger charge is 2.10. The lowest BCUT2D eigenvalue weighted by atomic mass is 9.94. The van der Waals surface area contributed by atoms with E-state index in [1.807, 2.05) is 0 Å². The fourth-order valence-electron chi connectivity index (χ4n) is 5.49. The molecule has 0 bridgehead atoms. The third-order valence-electron chi connectivity index (χ3n) is 8.17. The Kier molecular flexibility index (Phi) is 16.3. The topological polar surface area (TPSA) is 18.5 Å². The average Bonchev–Trinajstić information content (AvgIpc) is 3.02. The Morgan fingerprint density at radius 2 is 0.927 bits per heavy atom. The molecule has 0 saturated carbocycles. The van der Waals surface area contributed by atoms with Gasteiger partial charge in [0.1, 0.15) is 5.75 Å². The quantitative estimate of drug-likeness (QED) is 0.115. The molecule has 0 spiro atoms. The lowest BCUT2D eigenvalue weighted by Gasteiger charge is -2.15. The summed E-state index contributed by atoms with van der Waals surface area (Å²) in [6.07, 6.45) is 19.9. The largest absolute Gasteiger partial charge is 0.494 e. The van der Waals surface area contributed by atoms with Crippen molar-refractivity contribution in [3.8, 4) is 28.0 Å². The highest BCUT2D eigenvalue weighted by atomic mass is 16.5. The van der Waals surface area contributed by atoms with Crippen molar-refractivity contribution in [2.45, 2.75) is 123 Å². The Morgan fingerprint density at radius 3 is 1.44 bits per heavy atom. The fraction of sp³-hybridized carbons (Fsp3) is 0.538. The molecule has 0 aliphatic rings. The van der Waals surface area contributed by atoms with Gasteiger partial charge in [-0.25, -0.2) is 0 Å². The van der Waals surface area contributed by atoms with E-state index in [-0.39, 0.29) is 6.10 Å². The third kappa shape index (κ3) is 12.4. The molecular weight excluding hydrogens is 500 g/mol. The molecule has 0 amide bonds. The van der Waals surface area contributed by atoms with Crippen LogP contribution in [0.5, 0.6) is 5.75 Å². The highest BCUT2D eigenvalue weighted by molar-refractivity contribution is 5.83. The molecule has 0 radical (unpaired) electrons. The minimum Gasteiger partial charge on any atom is -0.494 e. The molecular formula is C39H56O2. The molecule has 0 aliphatic carbocycles. The summed E-state index contributed by atoms with van der Waals surface area (Å²) in [7, 11) is 0. The van der Waals surface area contributed by atoms with Gasteiger partial charge in [-0.15, -0.1) is 0 Å². The molecule has 3 rings (SSSR count). The SMILES string of the molecule is CCCCCCCCCCCOC(C)c1ccc(-c2ccccc2-c2ccc(OCCCCCCCC)cc2)cc1. The van der Waals surface area contributed by atoms with E-state index in [2.05, 4.69) is 93.6 Å². The summed E-state index contributed by atoms with van der Waals surface area (Å²) >= 11 is 0. The van der Waals surface area contributed by atoms with Crippen molar-refractivity contribution in [3.05, 3.63) is 78.4 Å². The molecule has 3 aromatic carbocycles. The van der Waals surface area contributed by atoms with Gasteiger partial charge in [0.2, 0.25) is 0 Å². The van der Waals surface area contributed by atoms with Crippen LogP contribution < -0.4 is 4.74 Å². The van der Waals surface area contributed by atoms with Crippen LogP contribution in [0.3, 0.4) is 0 Å². The molecule has 1 unspecified atom stereocenters. The first-order valence-corrected chi connectivity index (χ1v) is 16.8. The Bertz CT molecular complexity index is 1050. The van der Waals surface area contributed by atoms with E-state index in [0.717, 1.165) is 31.8 Å². The van der Waals surface area contributed by atoms with Crippen molar-refractivity contribution >= 4 is 0 Å². The lowest BCUT2D eigenvalue weighted by Crippen LogP contribution is -2.02. The number of unbranched alkanes of at least 4 members (excludes halogenated alkanes) is 13. The van der Waals surface area contributed by atoms with Crippen molar-refractivity contribution in [3.63, 3.8) is 0 Å². The molecule has 2 heteroatoms. The maximum Gasteiger partial charge on any atom is 0.119 e. The minimum absolute atomic E-state index is 0.122. The zero-order chi connectivity index (χ0) is 29.0. The van der Waals surface area contributed by atoms with Gasteiger partial charge in [0, 0.05) is 6.61 Å². The van der Waals surface area contributed by atoms with E-state index in [1.54, 1.807) is 0 Å². The molecule has 0 heterocycles. The van der Waals surface area contributed by atoms with Gasteiger partial charge in [0.05, 0.1) is 12.7 Å². The molecule has 1 atom stereocenters. The van der Waals surface area contributed by atoms with Crippen LogP contribution in [0, 0.1) is 0 Å². The summed E-state index contributed by atoms with van der Waals surface area (Å²) in [5, 5.41) is 0. The summed E-state index contributed by atoms with van der Waals surface area (Å²) in [5.41, 5.74) is 6.20. The van der Waals surface area contributed by atoms with Gasteiger partial charge < -0.3 is 9.47 Å². The summed E-state index contributed by atoms with van der Waals surface area (Å²) < 4.78 is 12.2. The van der Waals surface area contributed by atoms with Crippen LogP contribution in [0.1, 0.15) is 129 Å². The molecule has 0 aliphatic heterocycles. The average molecular weight is 557 g/mol. The van der Waals surface area contributed by atoms with Gasteiger partial charge in [-0.1, -0.05) is 158 Å². The fourth-order valence-corrected chi connectivity index (χ4v) is 5.49. The lowest BCUT2D eigenvalue weighted by molar-refractivity contribution is 0.0627. The maximum absolute atomic E-state index is 6.18. The van der Waals surface area contributed by atoms with Crippen LogP contribution in [0.25, 0.3) is 22.3 Å². The van der Waals surface area contributed by atoms with Gasteiger partial charge >= 0.3 is 0 Å². The number of hydrogen-bond donors (Lipinski definition) is 0. The predicted octanol–water partition coefficient (Wildman–Crippen LogP) is 12.4. The molecule has 0 aromatic heterocycles. The zero-order valence-electron chi connectivity index (χ0n) is 26.3. The molecule has 2 nitrogen and oxygen atoms in total. The molecule has 0 saturated heterocycles. The zero-order valence-corrected chi connectivity index (χ0v) is 26.3. The molecule has 3 aromatic rings. The first kappa shape index (κ1) is 32.9. The van der Waals surface area contributed by atoms with Crippen molar-refractivity contribution in [2.24, 2.45) is 0 Å². The Morgan fingerprint density at radius 1 is 0.488 bits per heavy atom. The van der Waals surface area contributed by atoms with Crippen molar-refractivity contribution in [1.29, 1.82) is 0 Å². The van der Waals surface area contributed by atoms with Gasteiger partial charge in [0.15, 0.2) is 0 Å². The number of benzene rings is 3. The normalized spacial score (nSPS) is 12.0. The van der Waals surface area contributed by atoms with Crippen LogP contribution in [-0.4, -0.2) is 13.2 Å². The van der Waals surface area contributed by atoms with Crippen molar-refractivity contribution < 1.29 is 9.47 Å². The third-order valence-corrected chi connectivity index (χ3v) is 8.17. The molecule has 0 fully saturated rings. The number of hydrogen-bond acceptors (Lipinski definition) is 2. The summed E-state index contributed by atoms with van der Waals surface area (Å²) in [4.78, 5) is 0.